The lowest BCUT2D eigenvalue weighted by Gasteiger charge is -2.14. The minimum atomic E-state index is -3.92. The second-order valence-electron chi connectivity index (χ2n) is 8.35. The Bertz CT molecular complexity index is 1570. The molecule has 0 saturated heterocycles. The van der Waals surface area contributed by atoms with Crippen molar-refractivity contribution in [3.63, 3.8) is 0 Å². The highest BCUT2D eigenvalue weighted by Crippen LogP contribution is 2.31. The monoisotopic (exact) mass is 544 g/mol. The highest BCUT2D eigenvalue weighted by molar-refractivity contribution is 7.92. The fourth-order valence-corrected chi connectivity index (χ4v) is 4.84. The number of nitrogens with one attached hydrogen (secondary N) is 2. The molecule has 0 radical (unpaired) electrons. The number of amides is 1. The molecule has 4 rings (SSSR count). The van der Waals surface area contributed by atoms with Crippen LogP contribution in [0, 0.1) is 0 Å². The van der Waals surface area contributed by atoms with E-state index in [-0.39, 0.29) is 16.5 Å². The van der Waals surface area contributed by atoms with Crippen LogP contribution in [0.4, 0.5) is 11.4 Å². The van der Waals surface area contributed by atoms with Gasteiger partial charge in [-0.25, -0.2) is 8.42 Å². The fraction of sp³-hybridized carbons (Fsp3) is 0.100. The number of hydrogen-bond acceptors (Lipinski definition) is 6. The maximum atomic E-state index is 13.3. The Kier molecular flexibility index (Phi) is 8.53. The van der Waals surface area contributed by atoms with Crippen LogP contribution in [0.2, 0.25) is 0 Å². The van der Waals surface area contributed by atoms with Gasteiger partial charge in [0.1, 0.15) is 17.2 Å². The van der Waals surface area contributed by atoms with Crippen LogP contribution in [-0.4, -0.2) is 35.7 Å². The van der Waals surface area contributed by atoms with Crippen molar-refractivity contribution in [1.82, 2.24) is 0 Å². The summed E-state index contributed by atoms with van der Waals surface area (Å²) >= 11 is 0. The van der Waals surface area contributed by atoms with Crippen molar-refractivity contribution in [2.24, 2.45) is 0 Å². The summed E-state index contributed by atoms with van der Waals surface area (Å²) in [5, 5.41) is 2.86. The van der Waals surface area contributed by atoms with Crippen molar-refractivity contribution < 1.29 is 27.4 Å². The van der Waals surface area contributed by atoms with Gasteiger partial charge in [0.05, 0.1) is 31.9 Å². The number of benzene rings is 4. The molecular formula is C30H28N2O6S. The van der Waals surface area contributed by atoms with Gasteiger partial charge in [-0.1, -0.05) is 42.5 Å². The first-order chi connectivity index (χ1) is 18.8. The summed E-state index contributed by atoms with van der Waals surface area (Å²) in [7, 11) is 0.624. The number of carbonyl (C=O) groups is 1. The summed E-state index contributed by atoms with van der Waals surface area (Å²) in [6, 6.07) is 27.3. The molecule has 200 valence electrons. The molecule has 0 fully saturated rings. The molecule has 8 nitrogen and oxygen atoms in total. The molecule has 0 aliphatic heterocycles. The maximum Gasteiger partial charge on any atom is 0.262 e. The average molecular weight is 545 g/mol. The molecule has 4 aromatic carbocycles. The van der Waals surface area contributed by atoms with Crippen LogP contribution in [0.25, 0.3) is 11.6 Å². The maximum absolute atomic E-state index is 13.3. The third kappa shape index (κ3) is 6.77. The van der Waals surface area contributed by atoms with Crippen LogP contribution in [-0.2, 0) is 14.8 Å². The number of hydrogen-bond donors (Lipinski definition) is 2. The lowest BCUT2D eigenvalue weighted by Crippen LogP contribution is -2.15. The molecule has 4 aromatic rings. The van der Waals surface area contributed by atoms with Crippen LogP contribution < -0.4 is 24.2 Å². The Hall–Kier alpha value is -4.76. The summed E-state index contributed by atoms with van der Waals surface area (Å²) in [5.74, 6) is 1.23. The van der Waals surface area contributed by atoms with Gasteiger partial charge in [-0.3, -0.25) is 9.52 Å². The van der Waals surface area contributed by atoms with Crippen LogP contribution in [0.15, 0.2) is 102 Å². The summed E-state index contributed by atoms with van der Waals surface area (Å²) < 4.78 is 44.2. The summed E-state index contributed by atoms with van der Waals surface area (Å²) in [6.07, 6.45) is 1.79. The van der Waals surface area contributed by atoms with E-state index >= 15 is 0 Å². The number of ether oxygens (including phenoxy) is 3. The van der Waals surface area contributed by atoms with E-state index in [1.807, 2.05) is 54.6 Å². The number of carbonyl (C=O) groups excluding carboxylic acids is 1. The van der Waals surface area contributed by atoms with Crippen molar-refractivity contribution in [2.45, 2.75) is 4.90 Å². The van der Waals surface area contributed by atoms with Crippen molar-refractivity contribution in [2.75, 3.05) is 31.4 Å². The molecule has 9 heteroatoms. The van der Waals surface area contributed by atoms with E-state index in [0.717, 1.165) is 11.1 Å². The summed E-state index contributed by atoms with van der Waals surface area (Å²) in [4.78, 5) is 13.4. The van der Waals surface area contributed by atoms with Gasteiger partial charge in [-0.15, -0.1) is 0 Å². The zero-order valence-corrected chi connectivity index (χ0v) is 22.5. The lowest BCUT2D eigenvalue weighted by molar-refractivity contribution is -0.111. The minimum Gasteiger partial charge on any atom is -0.497 e. The normalized spacial score (nSPS) is 11.4. The van der Waals surface area contributed by atoms with E-state index in [9.17, 15) is 13.2 Å². The van der Waals surface area contributed by atoms with Crippen molar-refractivity contribution in [3.8, 4) is 17.2 Å². The molecule has 0 spiro atoms. The number of methoxy groups -OCH3 is 3. The van der Waals surface area contributed by atoms with E-state index in [2.05, 4.69) is 10.0 Å². The SMILES string of the molecule is COc1ccc(/C=C(/C(=O)Nc2ccc(S(=O)(=O)Nc3ccc(OC)cc3OC)cc2)c2ccccc2)cc1. The first kappa shape index (κ1) is 27.3. The summed E-state index contributed by atoms with van der Waals surface area (Å²) in [5.41, 5.74) is 2.73. The average Bonchev–Trinajstić information content (AvgIpc) is 2.97. The quantitative estimate of drug-likeness (QED) is 0.196. The molecule has 0 saturated carbocycles. The smallest absolute Gasteiger partial charge is 0.262 e. The number of anilines is 2. The Morgan fingerprint density at radius 1 is 0.744 bits per heavy atom. The summed E-state index contributed by atoms with van der Waals surface area (Å²) in [6.45, 7) is 0. The third-order valence-corrected chi connectivity index (χ3v) is 7.21. The van der Waals surface area contributed by atoms with E-state index in [0.29, 0.717) is 28.5 Å². The lowest BCUT2D eigenvalue weighted by atomic mass is 10.0. The Labute approximate surface area is 227 Å². The van der Waals surface area contributed by atoms with Gasteiger partial charge in [0.25, 0.3) is 15.9 Å². The molecule has 0 aromatic heterocycles. The van der Waals surface area contributed by atoms with Crippen LogP contribution in [0.1, 0.15) is 11.1 Å². The van der Waals surface area contributed by atoms with E-state index in [1.165, 1.54) is 38.5 Å². The van der Waals surface area contributed by atoms with Crippen molar-refractivity contribution in [3.05, 3.63) is 108 Å². The molecule has 39 heavy (non-hydrogen) atoms. The first-order valence-electron chi connectivity index (χ1n) is 11.9. The highest BCUT2D eigenvalue weighted by Gasteiger charge is 2.18. The van der Waals surface area contributed by atoms with E-state index in [1.54, 1.807) is 31.4 Å². The van der Waals surface area contributed by atoms with Crippen LogP contribution in [0.5, 0.6) is 17.2 Å². The third-order valence-electron chi connectivity index (χ3n) is 5.83. The molecule has 0 heterocycles. The molecule has 0 aliphatic carbocycles. The number of sulfonamides is 1. The first-order valence-corrected chi connectivity index (χ1v) is 13.4. The Morgan fingerprint density at radius 2 is 1.38 bits per heavy atom. The predicted molar refractivity (Wildman–Crippen MR) is 153 cm³/mol. The highest BCUT2D eigenvalue weighted by atomic mass is 32.2. The number of rotatable bonds is 10. The van der Waals surface area contributed by atoms with Gasteiger partial charge in [0.15, 0.2) is 0 Å². The van der Waals surface area contributed by atoms with E-state index < -0.39 is 10.0 Å². The topological polar surface area (TPSA) is 103 Å². The molecule has 2 N–H and O–H groups in total. The van der Waals surface area contributed by atoms with Gasteiger partial charge in [0, 0.05) is 17.3 Å². The Balaban J connectivity index is 1.54. The van der Waals surface area contributed by atoms with Gasteiger partial charge in [0.2, 0.25) is 0 Å². The van der Waals surface area contributed by atoms with Crippen LogP contribution >= 0.6 is 0 Å². The van der Waals surface area contributed by atoms with Gasteiger partial charge in [-0.2, -0.15) is 0 Å². The zero-order chi connectivity index (χ0) is 27.8. The van der Waals surface area contributed by atoms with Crippen molar-refractivity contribution >= 4 is 39.0 Å². The van der Waals surface area contributed by atoms with Crippen LogP contribution in [0.3, 0.4) is 0 Å². The molecular weight excluding hydrogens is 516 g/mol. The minimum absolute atomic E-state index is 0.0235. The van der Waals surface area contributed by atoms with Gasteiger partial charge < -0.3 is 19.5 Å². The Morgan fingerprint density at radius 3 is 2.00 bits per heavy atom. The molecule has 0 bridgehead atoms. The largest absolute Gasteiger partial charge is 0.497 e. The molecule has 0 atom stereocenters. The standard InChI is InChI=1S/C30H28N2O6S/c1-36-24-13-9-21(10-14-24)19-27(22-7-5-4-6-8-22)30(33)31-23-11-16-26(17-12-23)39(34,35)32-28-18-15-25(37-2)20-29(28)38-3/h4-20,32H,1-3H3,(H,31,33)/b27-19+. The zero-order valence-electron chi connectivity index (χ0n) is 21.7. The van der Waals surface area contributed by atoms with Gasteiger partial charge >= 0.3 is 0 Å². The molecule has 0 aliphatic rings. The van der Waals surface area contributed by atoms with Gasteiger partial charge in [-0.05, 0) is 65.7 Å². The second-order valence-corrected chi connectivity index (χ2v) is 10.0. The second kappa shape index (κ2) is 12.2. The van der Waals surface area contributed by atoms with E-state index in [4.69, 9.17) is 14.2 Å². The van der Waals surface area contributed by atoms with Crippen molar-refractivity contribution in [1.29, 1.82) is 0 Å². The predicted octanol–water partition coefficient (Wildman–Crippen LogP) is 5.69. The molecule has 1 amide bonds. The fourth-order valence-electron chi connectivity index (χ4n) is 3.77. The molecule has 0 unspecified atom stereocenters.